The van der Waals surface area contributed by atoms with E-state index in [1.807, 2.05) is 12.1 Å². The van der Waals surface area contributed by atoms with Crippen LogP contribution in [0.4, 0.5) is 8.78 Å². The van der Waals surface area contributed by atoms with E-state index in [-0.39, 0.29) is 19.4 Å². The predicted octanol–water partition coefficient (Wildman–Crippen LogP) is 5.06. The Hall–Kier alpha value is -3.67. The molecule has 0 aliphatic heterocycles. The molecule has 0 saturated carbocycles. The molecule has 0 bridgehead atoms. The lowest BCUT2D eigenvalue weighted by molar-refractivity contribution is -0.155. The second kappa shape index (κ2) is 11.8. The Morgan fingerprint density at radius 2 is 1.76 bits per heavy atom. The number of aromatic nitrogens is 2. The Morgan fingerprint density at radius 3 is 2.32 bits per heavy atom. The van der Waals surface area contributed by atoms with Gasteiger partial charge in [-0.3, -0.25) is 9.78 Å². The van der Waals surface area contributed by atoms with Gasteiger partial charge in [0.1, 0.15) is 28.5 Å². The smallest absolute Gasteiger partial charge is 0.306 e. The van der Waals surface area contributed by atoms with E-state index in [4.69, 9.17) is 15.5 Å². The minimum atomic E-state index is -1.24. The molecular weight excluding hydrogens is 488 g/mol. The van der Waals surface area contributed by atoms with Crippen LogP contribution in [0.1, 0.15) is 69.6 Å². The molecule has 0 unspecified atom stereocenters. The molecule has 2 aromatic heterocycles. The number of ether oxygens (including phenoxy) is 1. The lowest BCUT2D eigenvalue weighted by Gasteiger charge is -2.24. The molecular formula is C30H33F2N3O3. The summed E-state index contributed by atoms with van der Waals surface area (Å²) in [6.45, 7) is 8.70. The van der Waals surface area contributed by atoms with E-state index < -0.39 is 34.7 Å². The number of hydrogen-bond acceptors (Lipinski definition) is 6. The molecule has 3 aromatic rings. The number of rotatable bonds is 7. The van der Waals surface area contributed by atoms with Crippen LogP contribution in [0.2, 0.25) is 0 Å². The van der Waals surface area contributed by atoms with Crippen LogP contribution in [-0.4, -0.2) is 32.2 Å². The normalized spacial score (nSPS) is 12.4. The van der Waals surface area contributed by atoms with Gasteiger partial charge >= 0.3 is 5.97 Å². The highest BCUT2D eigenvalue weighted by Gasteiger charge is 2.26. The summed E-state index contributed by atoms with van der Waals surface area (Å²) >= 11 is 0. The number of pyridine rings is 2. The Balaban J connectivity index is 2.17. The fourth-order valence-corrected chi connectivity index (χ4v) is 3.88. The highest BCUT2D eigenvalue weighted by Crippen LogP contribution is 2.33. The second-order valence-corrected chi connectivity index (χ2v) is 10.6. The number of carbonyl (C=O) groups is 1. The van der Waals surface area contributed by atoms with Gasteiger partial charge in [0.05, 0.1) is 17.8 Å². The van der Waals surface area contributed by atoms with Crippen molar-refractivity contribution in [3.05, 3.63) is 82.9 Å². The van der Waals surface area contributed by atoms with Gasteiger partial charge in [-0.2, -0.15) is 0 Å². The third-order valence-electron chi connectivity index (χ3n) is 5.39. The van der Waals surface area contributed by atoms with Crippen molar-refractivity contribution in [1.82, 2.24) is 9.97 Å². The van der Waals surface area contributed by atoms with Crippen LogP contribution in [0, 0.1) is 23.5 Å². The van der Waals surface area contributed by atoms with Gasteiger partial charge in [0.25, 0.3) is 0 Å². The Bertz CT molecular complexity index is 1330. The van der Waals surface area contributed by atoms with Crippen LogP contribution in [0.15, 0.2) is 48.7 Å². The van der Waals surface area contributed by atoms with Gasteiger partial charge in [-0.05, 0) is 82.9 Å². The van der Waals surface area contributed by atoms with E-state index in [0.717, 1.165) is 11.6 Å². The molecule has 3 rings (SSSR count). The summed E-state index contributed by atoms with van der Waals surface area (Å²) in [4.78, 5) is 22.1. The lowest BCUT2D eigenvalue weighted by atomic mass is 9.88. The summed E-state index contributed by atoms with van der Waals surface area (Å²) in [6, 6.07) is 10.4. The van der Waals surface area contributed by atoms with Gasteiger partial charge in [-0.25, -0.2) is 13.8 Å². The summed E-state index contributed by atoms with van der Waals surface area (Å²) in [5, 5.41) is 10.1. The molecule has 3 N–H and O–H groups in total. The maximum absolute atomic E-state index is 14.1. The summed E-state index contributed by atoms with van der Waals surface area (Å²) in [5.41, 5.74) is 7.09. The average molecular weight is 522 g/mol. The fraction of sp³-hybridized carbons (Fsp3) is 0.367. The zero-order valence-electron chi connectivity index (χ0n) is 22.3. The number of nitrogens with two attached hydrogens (primary N) is 1. The maximum atomic E-state index is 14.1. The van der Waals surface area contributed by atoms with E-state index in [0.29, 0.717) is 28.2 Å². The van der Waals surface area contributed by atoms with Gasteiger partial charge in [0.15, 0.2) is 0 Å². The maximum Gasteiger partial charge on any atom is 0.306 e. The third-order valence-corrected chi connectivity index (χ3v) is 5.39. The molecule has 200 valence electrons. The summed E-state index contributed by atoms with van der Waals surface area (Å²) in [6.07, 6.45) is 1.69. The Kier molecular flexibility index (Phi) is 8.97. The highest BCUT2D eigenvalue weighted by molar-refractivity contribution is 5.73. The molecule has 0 aliphatic rings. The van der Waals surface area contributed by atoms with Crippen molar-refractivity contribution in [2.75, 3.05) is 0 Å². The van der Waals surface area contributed by atoms with Gasteiger partial charge in [0, 0.05) is 35.9 Å². The van der Waals surface area contributed by atoms with Crippen LogP contribution in [0.5, 0.6) is 0 Å². The van der Waals surface area contributed by atoms with Crippen LogP contribution >= 0.6 is 0 Å². The SMILES string of the molecule is CC(C)(O)C#Cc1ccc(-c2ccc(CN)nc2)c([C@@H](CC(=O)OC(C)(C)C)Cc2cc(F)cc(F)c2)n1. The van der Waals surface area contributed by atoms with Crippen LogP contribution < -0.4 is 5.73 Å². The molecule has 1 aromatic carbocycles. The summed E-state index contributed by atoms with van der Waals surface area (Å²) in [7, 11) is 0. The minimum absolute atomic E-state index is 0.0912. The van der Waals surface area contributed by atoms with Crippen molar-refractivity contribution in [3.63, 3.8) is 0 Å². The summed E-state index contributed by atoms with van der Waals surface area (Å²) < 4.78 is 33.7. The van der Waals surface area contributed by atoms with Crippen LogP contribution in [0.3, 0.4) is 0 Å². The molecule has 2 heterocycles. The van der Waals surface area contributed by atoms with Gasteiger partial charge in [0.2, 0.25) is 0 Å². The molecule has 1 atom stereocenters. The van der Waals surface area contributed by atoms with E-state index in [2.05, 4.69) is 16.8 Å². The number of carbonyl (C=O) groups excluding carboxylic acids is 1. The van der Waals surface area contributed by atoms with E-state index in [9.17, 15) is 18.7 Å². The monoisotopic (exact) mass is 521 g/mol. The molecule has 0 amide bonds. The van der Waals surface area contributed by atoms with Crippen LogP contribution in [0.25, 0.3) is 11.1 Å². The van der Waals surface area contributed by atoms with E-state index in [1.165, 1.54) is 12.1 Å². The standard InChI is InChI=1S/C30H33F2N3O3/c1-29(2,3)38-27(36)15-21(12-19-13-22(31)16-23(32)14-19)28-26(20-6-7-25(17-33)34-18-20)9-8-24(35-28)10-11-30(4,5)37/h6-9,13-14,16,18,21,37H,12,15,17,33H2,1-5H3/t21-/m1/s1. The van der Waals surface area contributed by atoms with E-state index >= 15 is 0 Å². The van der Waals surface area contributed by atoms with E-state index in [1.54, 1.807) is 52.9 Å². The number of benzene rings is 1. The first-order chi connectivity index (χ1) is 17.7. The Labute approximate surface area is 222 Å². The number of hydrogen-bond donors (Lipinski definition) is 2. The fourth-order valence-electron chi connectivity index (χ4n) is 3.88. The second-order valence-electron chi connectivity index (χ2n) is 10.6. The van der Waals surface area contributed by atoms with Gasteiger partial charge < -0.3 is 15.6 Å². The van der Waals surface area contributed by atoms with Crippen molar-refractivity contribution < 1.29 is 23.4 Å². The quantitative estimate of drug-likeness (QED) is 0.333. The molecule has 6 nitrogen and oxygen atoms in total. The number of nitrogens with zero attached hydrogens (tertiary/aromatic N) is 2. The molecule has 0 aliphatic carbocycles. The van der Waals surface area contributed by atoms with Crippen molar-refractivity contribution in [3.8, 4) is 23.0 Å². The first-order valence-corrected chi connectivity index (χ1v) is 12.3. The van der Waals surface area contributed by atoms with Crippen molar-refractivity contribution >= 4 is 5.97 Å². The molecule has 8 heteroatoms. The van der Waals surface area contributed by atoms with Gasteiger partial charge in [-0.15, -0.1) is 0 Å². The number of esters is 1. The van der Waals surface area contributed by atoms with Crippen molar-refractivity contribution in [2.45, 2.75) is 71.1 Å². The zero-order valence-corrected chi connectivity index (χ0v) is 22.3. The largest absolute Gasteiger partial charge is 0.460 e. The topological polar surface area (TPSA) is 98.3 Å². The zero-order chi connectivity index (χ0) is 28.1. The lowest BCUT2D eigenvalue weighted by Crippen LogP contribution is -2.25. The first-order valence-electron chi connectivity index (χ1n) is 12.3. The number of aliphatic hydroxyl groups is 1. The average Bonchev–Trinajstić information content (AvgIpc) is 2.80. The van der Waals surface area contributed by atoms with Crippen molar-refractivity contribution in [1.29, 1.82) is 0 Å². The minimum Gasteiger partial charge on any atom is -0.460 e. The first kappa shape index (κ1) is 28.9. The van der Waals surface area contributed by atoms with Crippen LogP contribution in [-0.2, 0) is 22.5 Å². The highest BCUT2D eigenvalue weighted by atomic mass is 19.1. The number of halogens is 2. The van der Waals surface area contributed by atoms with Crippen molar-refractivity contribution in [2.24, 2.45) is 5.73 Å². The predicted molar refractivity (Wildman–Crippen MR) is 142 cm³/mol. The molecule has 0 saturated heterocycles. The Morgan fingerprint density at radius 1 is 1.08 bits per heavy atom. The molecule has 0 spiro atoms. The third kappa shape index (κ3) is 8.72. The van der Waals surface area contributed by atoms with Gasteiger partial charge in [-0.1, -0.05) is 12.0 Å². The molecule has 38 heavy (non-hydrogen) atoms. The summed E-state index contributed by atoms with van der Waals surface area (Å²) in [5.74, 6) is 3.10. The molecule has 0 fully saturated rings. The molecule has 0 radical (unpaired) electrons.